The van der Waals surface area contributed by atoms with E-state index in [0.29, 0.717) is 23.0 Å². The van der Waals surface area contributed by atoms with Crippen LogP contribution in [0.2, 0.25) is 0 Å². The highest BCUT2D eigenvalue weighted by molar-refractivity contribution is 5.81. The van der Waals surface area contributed by atoms with Crippen molar-refractivity contribution < 1.29 is 18.9 Å². The van der Waals surface area contributed by atoms with Gasteiger partial charge in [0, 0.05) is 11.1 Å². The average Bonchev–Trinajstić information content (AvgIpc) is 2.59. The van der Waals surface area contributed by atoms with E-state index in [4.69, 9.17) is 18.9 Å². The fourth-order valence-corrected chi connectivity index (χ4v) is 2.73. The summed E-state index contributed by atoms with van der Waals surface area (Å²) in [5.74, 6) is 2.79. The first-order valence-electron chi connectivity index (χ1n) is 7.57. The molecule has 0 aliphatic heterocycles. The molecule has 0 N–H and O–H groups in total. The summed E-state index contributed by atoms with van der Waals surface area (Å²) in [6.45, 7) is 4.14. The lowest BCUT2D eigenvalue weighted by Crippen LogP contribution is -1.99. The molecule has 2 rings (SSSR count). The van der Waals surface area contributed by atoms with Gasteiger partial charge in [-0.2, -0.15) is 0 Å². The summed E-state index contributed by atoms with van der Waals surface area (Å²) in [6, 6.07) is 8.13. The van der Waals surface area contributed by atoms with Crippen LogP contribution in [0.1, 0.15) is 18.1 Å². The minimum Gasteiger partial charge on any atom is -0.493 e. The van der Waals surface area contributed by atoms with Gasteiger partial charge in [0.1, 0.15) is 0 Å². The van der Waals surface area contributed by atoms with Gasteiger partial charge in [-0.25, -0.2) is 0 Å². The Morgan fingerprint density at radius 2 is 1.22 bits per heavy atom. The van der Waals surface area contributed by atoms with Gasteiger partial charge in [-0.05, 0) is 48.7 Å². The normalized spacial score (nSPS) is 10.3. The van der Waals surface area contributed by atoms with Crippen molar-refractivity contribution in [1.29, 1.82) is 0 Å². The molecule has 0 atom stereocenters. The molecule has 0 aliphatic carbocycles. The summed E-state index contributed by atoms with van der Waals surface area (Å²) in [6.07, 6.45) is 0.901. The summed E-state index contributed by atoms with van der Waals surface area (Å²) < 4.78 is 22.2. The van der Waals surface area contributed by atoms with Crippen LogP contribution in [0, 0.1) is 6.92 Å². The van der Waals surface area contributed by atoms with Gasteiger partial charge in [-0.1, -0.05) is 6.92 Å². The average molecular weight is 316 g/mol. The Bertz CT molecular complexity index is 692. The molecule has 124 valence electrons. The smallest absolute Gasteiger partial charge is 0.168 e. The molecule has 4 heteroatoms. The van der Waals surface area contributed by atoms with Crippen LogP contribution >= 0.6 is 0 Å². The van der Waals surface area contributed by atoms with E-state index >= 15 is 0 Å². The summed E-state index contributed by atoms with van der Waals surface area (Å²) in [4.78, 5) is 0. The van der Waals surface area contributed by atoms with Crippen LogP contribution in [0.3, 0.4) is 0 Å². The maximum Gasteiger partial charge on any atom is 0.168 e. The Hall–Kier alpha value is -2.36. The number of hydrogen-bond acceptors (Lipinski definition) is 4. The third-order valence-electron chi connectivity index (χ3n) is 3.86. The third kappa shape index (κ3) is 3.21. The molecular weight excluding hydrogens is 292 g/mol. The highest BCUT2D eigenvalue weighted by Gasteiger charge is 2.20. The van der Waals surface area contributed by atoms with E-state index in [0.717, 1.165) is 23.1 Å². The number of methoxy groups -OCH3 is 4. The number of aryl methyl sites for hydroxylation is 2. The van der Waals surface area contributed by atoms with E-state index in [1.165, 1.54) is 5.56 Å². The molecule has 0 aromatic heterocycles. The molecule has 23 heavy (non-hydrogen) atoms. The number of benzene rings is 2. The van der Waals surface area contributed by atoms with E-state index in [1.807, 2.05) is 19.1 Å². The predicted octanol–water partition coefficient (Wildman–Crippen LogP) is 4.26. The lowest BCUT2D eigenvalue weighted by atomic mass is 9.97. The van der Waals surface area contributed by atoms with Crippen LogP contribution in [0.25, 0.3) is 11.1 Å². The van der Waals surface area contributed by atoms with Gasteiger partial charge in [0.05, 0.1) is 28.4 Å². The van der Waals surface area contributed by atoms with E-state index in [1.54, 1.807) is 28.4 Å². The van der Waals surface area contributed by atoms with E-state index in [-0.39, 0.29) is 0 Å². The Labute approximate surface area is 137 Å². The molecule has 0 bridgehead atoms. The molecule has 0 saturated carbocycles. The summed E-state index contributed by atoms with van der Waals surface area (Å²) in [5.41, 5.74) is 4.11. The van der Waals surface area contributed by atoms with E-state index in [9.17, 15) is 0 Å². The largest absolute Gasteiger partial charge is 0.493 e. The number of ether oxygens (including phenoxy) is 4. The summed E-state index contributed by atoms with van der Waals surface area (Å²) in [7, 11) is 6.58. The first-order valence-corrected chi connectivity index (χ1v) is 7.57. The van der Waals surface area contributed by atoms with Crippen LogP contribution in [0.4, 0.5) is 0 Å². The predicted molar refractivity (Wildman–Crippen MR) is 92.2 cm³/mol. The van der Waals surface area contributed by atoms with Gasteiger partial charge in [0.15, 0.2) is 23.0 Å². The van der Waals surface area contributed by atoms with Gasteiger partial charge in [0.2, 0.25) is 0 Å². The lowest BCUT2D eigenvalue weighted by Gasteiger charge is -2.19. The van der Waals surface area contributed by atoms with Crippen LogP contribution in [0.15, 0.2) is 24.3 Å². The Morgan fingerprint density at radius 1 is 0.696 bits per heavy atom. The fourth-order valence-electron chi connectivity index (χ4n) is 2.73. The molecule has 4 nitrogen and oxygen atoms in total. The monoisotopic (exact) mass is 316 g/mol. The maximum absolute atomic E-state index is 5.61. The zero-order valence-corrected chi connectivity index (χ0v) is 14.6. The number of rotatable bonds is 6. The van der Waals surface area contributed by atoms with Crippen molar-refractivity contribution in [2.24, 2.45) is 0 Å². The molecule has 2 aromatic rings. The van der Waals surface area contributed by atoms with Crippen molar-refractivity contribution in [3.8, 4) is 34.1 Å². The van der Waals surface area contributed by atoms with Crippen LogP contribution < -0.4 is 18.9 Å². The first-order chi connectivity index (χ1) is 11.1. The molecule has 0 aliphatic rings. The van der Waals surface area contributed by atoms with E-state index in [2.05, 4.69) is 19.1 Å². The van der Waals surface area contributed by atoms with Crippen molar-refractivity contribution in [3.05, 3.63) is 35.4 Å². The SMILES string of the molecule is CCc1cc(OC)c(OC)c(-c2cc(C)cc(OC)c2OC)c1. The summed E-state index contributed by atoms with van der Waals surface area (Å²) in [5, 5.41) is 0. The zero-order chi connectivity index (χ0) is 17.0. The minimum atomic E-state index is 0.687. The molecular formula is C19H24O4. The Balaban J connectivity index is 2.82. The van der Waals surface area contributed by atoms with Gasteiger partial charge < -0.3 is 18.9 Å². The molecule has 2 aromatic carbocycles. The molecule has 0 amide bonds. The van der Waals surface area contributed by atoms with Crippen molar-refractivity contribution >= 4 is 0 Å². The highest BCUT2D eigenvalue weighted by atomic mass is 16.5. The van der Waals surface area contributed by atoms with Crippen molar-refractivity contribution in [2.75, 3.05) is 28.4 Å². The zero-order valence-electron chi connectivity index (χ0n) is 14.6. The second-order valence-electron chi connectivity index (χ2n) is 5.28. The minimum absolute atomic E-state index is 0.687. The van der Waals surface area contributed by atoms with Crippen molar-refractivity contribution in [1.82, 2.24) is 0 Å². The first kappa shape index (κ1) is 17.0. The number of hydrogen-bond donors (Lipinski definition) is 0. The van der Waals surface area contributed by atoms with Crippen LogP contribution in [-0.4, -0.2) is 28.4 Å². The Morgan fingerprint density at radius 3 is 1.70 bits per heavy atom. The lowest BCUT2D eigenvalue weighted by molar-refractivity contribution is 0.351. The molecule has 0 fully saturated rings. The van der Waals surface area contributed by atoms with Gasteiger partial charge in [-0.15, -0.1) is 0 Å². The van der Waals surface area contributed by atoms with Gasteiger partial charge in [-0.3, -0.25) is 0 Å². The molecule has 0 unspecified atom stereocenters. The van der Waals surface area contributed by atoms with Crippen LogP contribution in [-0.2, 0) is 6.42 Å². The fraction of sp³-hybridized carbons (Fsp3) is 0.368. The second kappa shape index (κ2) is 7.27. The standard InChI is InChI=1S/C19H24O4/c1-7-13-10-15(19(23-6)17(11-13)21-4)14-8-12(2)9-16(20-3)18(14)22-5/h8-11H,7H2,1-6H3. The highest BCUT2D eigenvalue weighted by Crippen LogP contribution is 2.46. The quantitative estimate of drug-likeness (QED) is 0.798. The molecule has 0 radical (unpaired) electrons. The Kier molecular flexibility index (Phi) is 5.37. The van der Waals surface area contributed by atoms with Gasteiger partial charge >= 0.3 is 0 Å². The maximum atomic E-state index is 5.61. The molecule has 0 saturated heterocycles. The van der Waals surface area contributed by atoms with Gasteiger partial charge in [0.25, 0.3) is 0 Å². The van der Waals surface area contributed by atoms with Crippen LogP contribution in [0.5, 0.6) is 23.0 Å². The topological polar surface area (TPSA) is 36.9 Å². The molecule has 0 spiro atoms. The molecule has 0 heterocycles. The summed E-state index contributed by atoms with van der Waals surface area (Å²) >= 11 is 0. The second-order valence-corrected chi connectivity index (χ2v) is 5.28. The van der Waals surface area contributed by atoms with E-state index < -0.39 is 0 Å². The van der Waals surface area contributed by atoms with Crippen molar-refractivity contribution in [2.45, 2.75) is 20.3 Å². The van der Waals surface area contributed by atoms with Crippen molar-refractivity contribution in [3.63, 3.8) is 0 Å². The third-order valence-corrected chi connectivity index (χ3v) is 3.86.